The highest BCUT2D eigenvalue weighted by molar-refractivity contribution is 5.84. The van der Waals surface area contributed by atoms with Crippen LogP contribution in [-0.4, -0.2) is 49.1 Å². The fraction of sp³-hybridized carbons (Fsp3) is 0.333. The third-order valence-electron chi connectivity index (χ3n) is 2.34. The highest BCUT2D eigenvalue weighted by Gasteiger charge is 2.12. The van der Waals surface area contributed by atoms with Crippen LogP contribution in [0.1, 0.15) is 0 Å². The van der Waals surface area contributed by atoms with E-state index < -0.39 is 5.97 Å². The molecule has 0 aliphatic rings. The number of rotatable bonds is 6. The molecule has 0 saturated carbocycles. The number of likely N-dealkylation sites (N-methyl/N-ethyl adjacent to an activating group) is 1. The fourth-order valence-electron chi connectivity index (χ4n) is 1.39. The lowest BCUT2D eigenvalue weighted by Crippen LogP contribution is -2.36. The topological polar surface area (TPSA) is 78.9 Å². The lowest BCUT2D eigenvalue weighted by Gasteiger charge is -2.16. The van der Waals surface area contributed by atoms with E-state index in [-0.39, 0.29) is 19.0 Å². The minimum atomic E-state index is -1.04. The Morgan fingerprint density at radius 1 is 1.39 bits per heavy atom. The summed E-state index contributed by atoms with van der Waals surface area (Å²) in [5, 5.41) is 11.5. The molecule has 1 aromatic rings. The van der Waals surface area contributed by atoms with Gasteiger partial charge in [0.1, 0.15) is 12.3 Å². The van der Waals surface area contributed by atoms with Crippen molar-refractivity contribution in [3.63, 3.8) is 0 Å². The second-order valence-electron chi connectivity index (χ2n) is 3.70. The van der Waals surface area contributed by atoms with Gasteiger partial charge in [-0.15, -0.1) is 0 Å². The van der Waals surface area contributed by atoms with Gasteiger partial charge in [-0.3, -0.25) is 9.59 Å². The first kappa shape index (κ1) is 13.8. The number of para-hydroxylation sites is 2. The normalized spacial score (nSPS) is 9.67. The van der Waals surface area contributed by atoms with Crippen LogP contribution in [0.3, 0.4) is 0 Å². The maximum Gasteiger partial charge on any atom is 0.323 e. The number of nitrogens with zero attached hydrogens (tertiary/aromatic N) is 1. The first-order valence-electron chi connectivity index (χ1n) is 5.37. The molecular formula is C12H16N2O4. The quantitative estimate of drug-likeness (QED) is 0.777. The molecule has 0 radical (unpaired) electrons. The van der Waals surface area contributed by atoms with Gasteiger partial charge in [0.05, 0.1) is 19.3 Å². The van der Waals surface area contributed by atoms with Crippen LogP contribution in [0.4, 0.5) is 5.69 Å². The van der Waals surface area contributed by atoms with Gasteiger partial charge in [-0.2, -0.15) is 0 Å². The molecule has 0 aromatic heterocycles. The summed E-state index contributed by atoms with van der Waals surface area (Å²) in [6.45, 7) is -0.295. The van der Waals surface area contributed by atoms with Crippen LogP contribution in [0.5, 0.6) is 5.75 Å². The van der Waals surface area contributed by atoms with Crippen molar-refractivity contribution >= 4 is 17.6 Å². The molecule has 1 amide bonds. The minimum absolute atomic E-state index is 0.0180. The Balaban J connectivity index is 2.54. The first-order chi connectivity index (χ1) is 8.54. The zero-order valence-corrected chi connectivity index (χ0v) is 10.3. The van der Waals surface area contributed by atoms with Crippen molar-refractivity contribution in [3.05, 3.63) is 24.3 Å². The van der Waals surface area contributed by atoms with Crippen molar-refractivity contribution in [2.75, 3.05) is 32.6 Å². The molecule has 0 bridgehead atoms. The minimum Gasteiger partial charge on any atom is -0.495 e. The number of carbonyl (C=O) groups is 2. The summed E-state index contributed by atoms with van der Waals surface area (Å²) in [4.78, 5) is 23.2. The van der Waals surface area contributed by atoms with Crippen molar-refractivity contribution in [1.82, 2.24) is 4.90 Å². The molecule has 1 rings (SSSR count). The van der Waals surface area contributed by atoms with Gasteiger partial charge in [-0.1, -0.05) is 12.1 Å². The van der Waals surface area contributed by atoms with E-state index in [0.29, 0.717) is 11.4 Å². The summed E-state index contributed by atoms with van der Waals surface area (Å²) >= 11 is 0. The maximum absolute atomic E-state index is 11.6. The Hall–Kier alpha value is -2.24. The Morgan fingerprint density at radius 2 is 2.06 bits per heavy atom. The van der Waals surface area contributed by atoms with Crippen LogP contribution in [0, 0.1) is 0 Å². The number of hydrogen-bond acceptors (Lipinski definition) is 4. The lowest BCUT2D eigenvalue weighted by atomic mass is 10.3. The zero-order valence-electron chi connectivity index (χ0n) is 10.3. The number of hydrogen-bond donors (Lipinski definition) is 2. The van der Waals surface area contributed by atoms with Gasteiger partial charge < -0.3 is 20.1 Å². The van der Waals surface area contributed by atoms with E-state index in [0.717, 1.165) is 4.90 Å². The third kappa shape index (κ3) is 3.97. The molecule has 0 saturated heterocycles. The molecule has 6 heteroatoms. The van der Waals surface area contributed by atoms with Crippen molar-refractivity contribution < 1.29 is 19.4 Å². The van der Waals surface area contributed by atoms with Gasteiger partial charge in [0.25, 0.3) is 0 Å². The van der Waals surface area contributed by atoms with E-state index in [1.807, 2.05) is 12.1 Å². The predicted octanol–water partition coefficient (Wildman–Crippen LogP) is 0.650. The van der Waals surface area contributed by atoms with Gasteiger partial charge >= 0.3 is 5.97 Å². The van der Waals surface area contributed by atoms with E-state index >= 15 is 0 Å². The number of amides is 1. The SMILES string of the molecule is COc1ccccc1NCC(=O)N(C)CC(=O)O. The van der Waals surface area contributed by atoms with Gasteiger partial charge in [0.15, 0.2) is 0 Å². The van der Waals surface area contributed by atoms with Gasteiger partial charge in [0.2, 0.25) is 5.91 Å². The molecule has 0 fully saturated rings. The van der Waals surface area contributed by atoms with Gasteiger partial charge in [-0.25, -0.2) is 0 Å². The van der Waals surface area contributed by atoms with Gasteiger partial charge in [-0.05, 0) is 12.1 Å². The molecule has 2 N–H and O–H groups in total. The maximum atomic E-state index is 11.6. The highest BCUT2D eigenvalue weighted by atomic mass is 16.5. The molecule has 1 aromatic carbocycles. The second-order valence-corrected chi connectivity index (χ2v) is 3.70. The summed E-state index contributed by atoms with van der Waals surface area (Å²) in [5.41, 5.74) is 0.692. The van der Waals surface area contributed by atoms with E-state index in [9.17, 15) is 9.59 Å². The van der Waals surface area contributed by atoms with Crippen LogP contribution in [0.2, 0.25) is 0 Å². The number of carboxylic acids is 1. The molecule has 18 heavy (non-hydrogen) atoms. The molecule has 0 atom stereocenters. The largest absolute Gasteiger partial charge is 0.495 e. The van der Waals surface area contributed by atoms with Crippen molar-refractivity contribution in [1.29, 1.82) is 0 Å². The van der Waals surface area contributed by atoms with E-state index in [2.05, 4.69) is 5.32 Å². The Bertz CT molecular complexity index is 434. The summed E-state index contributed by atoms with van der Waals surface area (Å²) in [6.07, 6.45) is 0. The van der Waals surface area contributed by atoms with Crippen LogP contribution in [-0.2, 0) is 9.59 Å². The number of nitrogens with one attached hydrogen (secondary N) is 1. The average Bonchev–Trinajstić information content (AvgIpc) is 2.35. The van der Waals surface area contributed by atoms with E-state index in [4.69, 9.17) is 9.84 Å². The molecular weight excluding hydrogens is 236 g/mol. The Kier molecular flexibility index (Phi) is 4.98. The molecule has 0 aliphatic carbocycles. The zero-order chi connectivity index (χ0) is 13.5. The number of benzene rings is 1. The highest BCUT2D eigenvalue weighted by Crippen LogP contribution is 2.22. The molecule has 6 nitrogen and oxygen atoms in total. The number of anilines is 1. The summed E-state index contributed by atoms with van der Waals surface area (Å²) < 4.78 is 5.12. The average molecular weight is 252 g/mol. The smallest absolute Gasteiger partial charge is 0.323 e. The third-order valence-corrected chi connectivity index (χ3v) is 2.34. The summed E-state index contributed by atoms with van der Waals surface area (Å²) in [6, 6.07) is 7.19. The van der Waals surface area contributed by atoms with Crippen molar-refractivity contribution in [2.24, 2.45) is 0 Å². The van der Waals surface area contributed by atoms with Gasteiger partial charge in [0, 0.05) is 7.05 Å². The van der Waals surface area contributed by atoms with Crippen LogP contribution < -0.4 is 10.1 Å². The second kappa shape index (κ2) is 6.48. The number of carbonyl (C=O) groups excluding carboxylic acids is 1. The number of aliphatic carboxylic acids is 1. The van der Waals surface area contributed by atoms with Crippen molar-refractivity contribution in [3.8, 4) is 5.75 Å². The molecule has 0 spiro atoms. The number of ether oxygens (including phenoxy) is 1. The molecule has 0 heterocycles. The number of carboxylic acid groups (broad SMARTS) is 1. The van der Waals surface area contributed by atoms with Crippen molar-refractivity contribution in [2.45, 2.75) is 0 Å². The predicted molar refractivity (Wildman–Crippen MR) is 66.8 cm³/mol. The van der Waals surface area contributed by atoms with E-state index in [1.165, 1.54) is 7.05 Å². The van der Waals surface area contributed by atoms with E-state index in [1.54, 1.807) is 19.2 Å². The molecule has 98 valence electrons. The first-order valence-corrected chi connectivity index (χ1v) is 5.37. The Morgan fingerprint density at radius 3 is 2.67 bits per heavy atom. The molecule has 0 aliphatic heterocycles. The summed E-state index contributed by atoms with van der Waals surface area (Å²) in [5.74, 6) is -0.711. The van der Waals surface area contributed by atoms with Crippen LogP contribution >= 0.6 is 0 Å². The Labute approximate surface area is 105 Å². The molecule has 0 unspecified atom stereocenters. The monoisotopic (exact) mass is 252 g/mol. The lowest BCUT2D eigenvalue weighted by molar-refractivity contribution is -0.142. The number of methoxy groups -OCH3 is 1. The summed E-state index contributed by atoms with van der Waals surface area (Å²) in [7, 11) is 2.99. The fourth-order valence-corrected chi connectivity index (χ4v) is 1.39. The van der Waals surface area contributed by atoms with Crippen LogP contribution in [0.15, 0.2) is 24.3 Å². The van der Waals surface area contributed by atoms with Crippen LogP contribution in [0.25, 0.3) is 0 Å². The standard InChI is InChI=1S/C12H16N2O4/c1-14(8-12(16)17)11(15)7-13-9-5-3-4-6-10(9)18-2/h3-6,13H,7-8H2,1-2H3,(H,16,17).